The minimum absolute atomic E-state index is 0.218. The number of nitrogens with two attached hydrogens (primary N) is 2. The monoisotopic (exact) mass is 264 g/mol. The Hall–Kier alpha value is -1.88. The van der Waals surface area contributed by atoms with E-state index in [-0.39, 0.29) is 5.78 Å². The van der Waals surface area contributed by atoms with Crippen LogP contribution in [0.2, 0.25) is 0 Å². The fourth-order valence-electron chi connectivity index (χ4n) is 1.39. The van der Waals surface area contributed by atoms with Crippen LogP contribution in [0, 0.1) is 0 Å². The molecule has 0 fully saturated rings. The molecule has 0 saturated heterocycles. The summed E-state index contributed by atoms with van der Waals surface area (Å²) in [7, 11) is 1.51. The molecule has 18 heavy (non-hydrogen) atoms. The number of rotatable bonds is 5. The Morgan fingerprint density at radius 2 is 1.94 bits per heavy atom. The van der Waals surface area contributed by atoms with Crippen LogP contribution in [0.5, 0.6) is 5.75 Å². The summed E-state index contributed by atoms with van der Waals surface area (Å²) >= 11 is 1.06. The number of Topliss-reactive ketones (excluding diaryl/α,β-unsaturated/α-hetero) is 1. The maximum absolute atomic E-state index is 12.4. The van der Waals surface area contributed by atoms with Gasteiger partial charge in [-0.1, -0.05) is 30.5 Å². The first kappa shape index (κ1) is 14.2. The molecule has 5 heteroatoms. The van der Waals surface area contributed by atoms with Gasteiger partial charge in [-0.15, -0.1) is 0 Å². The smallest absolute Gasteiger partial charge is 0.205 e. The van der Waals surface area contributed by atoms with Crippen LogP contribution in [-0.2, 0) is 0 Å². The Bertz CT molecular complexity index is 505. The molecule has 1 aromatic rings. The molecule has 0 saturated carbocycles. The second-order valence-corrected chi connectivity index (χ2v) is 4.75. The molecule has 0 aliphatic carbocycles. The van der Waals surface area contributed by atoms with Gasteiger partial charge >= 0.3 is 0 Å². The largest absolute Gasteiger partial charge is 0.496 e. The molecule has 1 rings (SSSR count). The second-order valence-electron chi connectivity index (χ2n) is 3.61. The molecule has 0 amide bonds. The molecular formula is C13H16N2O2S. The van der Waals surface area contributed by atoms with Crippen LogP contribution in [0.1, 0.15) is 17.3 Å². The highest BCUT2D eigenvalue weighted by atomic mass is 32.2. The van der Waals surface area contributed by atoms with E-state index < -0.39 is 0 Å². The van der Waals surface area contributed by atoms with Crippen molar-refractivity contribution in [3.05, 3.63) is 52.0 Å². The van der Waals surface area contributed by atoms with E-state index in [9.17, 15) is 4.79 Å². The van der Waals surface area contributed by atoms with Gasteiger partial charge in [-0.25, -0.2) is 0 Å². The van der Waals surface area contributed by atoms with E-state index >= 15 is 0 Å². The van der Waals surface area contributed by atoms with Gasteiger partial charge in [0, 0.05) is 5.70 Å². The van der Waals surface area contributed by atoms with Gasteiger partial charge < -0.3 is 16.2 Å². The Morgan fingerprint density at radius 1 is 1.33 bits per heavy atom. The lowest BCUT2D eigenvalue weighted by Crippen LogP contribution is -2.10. The van der Waals surface area contributed by atoms with Crippen molar-refractivity contribution in [1.29, 1.82) is 0 Å². The number of carbonyl (C=O) groups is 1. The van der Waals surface area contributed by atoms with Crippen molar-refractivity contribution in [3.8, 4) is 5.75 Å². The van der Waals surface area contributed by atoms with Crippen molar-refractivity contribution >= 4 is 17.5 Å². The van der Waals surface area contributed by atoms with Crippen LogP contribution < -0.4 is 16.2 Å². The molecule has 0 radical (unpaired) electrons. The molecule has 0 aliphatic heterocycles. The van der Waals surface area contributed by atoms with Crippen LogP contribution in [-0.4, -0.2) is 12.9 Å². The normalized spacial score (nSPS) is 11.7. The molecule has 0 atom stereocenters. The number of carbonyl (C=O) groups excluding carboxylic acids is 1. The summed E-state index contributed by atoms with van der Waals surface area (Å²) < 4.78 is 5.15. The first-order valence-electron chi connectivity index (χ1n) is 5.23. The average molecular weight is 264 g/mol. The van der Waals surface area contributed by atoms with E-state index in [4.69, 9.17) is 16.2 Å². The molecule has 0 bridgehead atoms. The number of hydrogen-bond donors (Lipinski definition) is 2. The molecule has 0 aliphatic rings. The molecule has 0 unspecified atom stereocenters. The van der Waals surface area contributed by atoms with E-state index in [0.717, 1.165) is 11.8 Å². The summed E-state index contributed by atoms with van der Waals surface area (Å²) in [4.78, 5) is 12.7. The van der Waals surface area contributed by atoms with Crippen LogP contribution in [0.15, 0.2) is 46.5 Å². The fraction of sp³-hybridized carbons (Fsp3) is 0.154. The van der Waals surface area contributed by atoms with Crippen molar-refractivity contribution in [1.82, 2.24) is 0 Å². The number of ether oxygens (including phenoxy) is 1. The Morgan fingerprint density at radius 3 is 2.44 bits per heavy atom. The zero-order valence-electron chi connectivity index (χ0n) is 10.4. The van der Waals surface area contributed by atoms with E-state index in [1.165, 1.54) is 7.11 Å². The molecule has 1 aromatic carbocycles. The van der Waals surface area contributed by atoms with Gasteiger partial charge in [-0.3, -0.25) is 4.79 Å². The summed E-state index contributed by atoms with van der Waals surface area (Å²) in [6.45, 7) is 5.21. The molecular weight excluding hydrogens is 248 g/mol. The maximum Gasteiger partial charge on any atom is 0.205 e. The molecule has 4 nitrogen and oxygen atoms in total. The second kappa shape index (κ2) is 6.16. The van der Waals surface area contributed by atoms with Crippen molar-refractivity contribution in [2.45, 2.75) is 6.92 Å². The molecule has 0 spiro atoms. The predicted molar refractivity (Wildman–Crippen MR) is 75.1 cm³/mol. The highest BCUT2D eigenvalue weighted by molar-refractivity contribution is 8.07. The van der Waals surface area contributed by atoms with Gasteiger partial charge in [-0.05, 0) is 19.1 Å². The van der Waals surface area contributed by atoms with Gasteiger partial charge in [0.15, 0.2) is 0 Å². The van der Waals surface area contributed by atoms with Crippen LogP contribution >= 0.6 is 11.8 Å². The minimum atomic E-state index is -0.218. The summed E-state index contributed by atoms with van der Waals surface area (Å²) in [5, 5.41) is 0.318. The highest BCUT2D eigenvalue weighted by Crippen LogP contribution is 2.29. The van der Waals surface area contributed by atoms with Gasteiger partial charge in [-0.2, -0.15) is 0 Å². The van der Waals surface area contributed by atoms with Gasteiger partial charge in [0.1, 0.15) is 5.75 Å². The lowest BCUT2D eigenvalue weighted by atomic mass is 10.1. The third-order valence-electron chi connectivity index (χ3n) is 2.15. The summed E-state index contributed by atoms with van der Waals surface area (Å²) in [6, 6.07) is 6.97. The Labute approximate surface area is 111 Å². The van der Waals surface area contributed by atoms with E-state index in [0.29, 0.717) is 26.9 Å². The van der Waals surface area contributed by atoms with E-state index in [1.807, 2.05) is 0 Å². The number of allylic oxidation sites excluding steroid dienone is 2. The van der Waals surface area contributed by atoms with Crippen LogP contribution in [0.25, 0.3) is 0 Å². The van der Waals surface area contributed by atoms with Crippen molar-refractivity contribution in [2.75, 3.05) is 7.11 Å². The molecule has 4 N–H and O–H groups in total. The van der Waals surface area contributed by atoms with Gasteiger partial charge in [0.25, 0.3) is 0 Å². The lowest BCUT2D eigenvalue weighted by molar-refractivity contribution is 0.103. The lowest BCUT2D eigenvalue weighted by Gasteiger charge is -2.11. The van der Waals surface area contributed by atoms with Crippen molar-refractivity contribution < 1.29 is 9.53 Å². The minimum Gasteiger partial charge on any atom is -0.496 e. The fourth-order valence-corrected chi connectivity index (χ4v) is 2.02. The number of methoxy groups -OCH3 is 1. The number of hydrogen-bond acceptors (Lipinski definition) is 5. The van der Waals surface area contributed by atoms with Crippen molar-refractivity contribution in [2.24, 2.45) is 11.5 Å². The summed E-state index contributed by atoms with van der Waals surface area (Å²) in [5.74, 6) is 0.286. The third-order valence-corrected chi connectivity index (χ3v) is 3.12. The van der Waals surface area contributed by atoms with Crippen molar-refractivity contribution in [3.63, 3.8) is 0 Å². The van der Waals surface area contributed by atoms with Gasteiger partial charge in [0.05, 0.1) is 22.6 Å². The van der Waals surface area contributed by atoms with Crippen LogP contribution in [0.4, 0.5) is 0 Å². The summed E-state index contributed by atoms with van der Waals surface area (Å²) in [5.41, 5.74) is 12.1. The summed E-state index contributed by atoms with van der Waals surface area (Å²) in [6.07, 6.45) is 0. The molecule has 0 aromatic heterocycles. The molecule has 96 valence electrons. The van der Waals surface area contributed by atoms with E-state index in [2.05, 4.69) is 6.58 Å². The maximum atomic E-state index is 12.4. The average Bonchev–Trinajstić information content (AvgIpc) is 2.34. The Kier molecular flexibility index (Phi) is 4.85. The molecule has 0 heterocycles. The number of ketones is 1. The Balaban J connectivity index is 3.19. The quantitative estimate of drug-likeness (QED) is 0.630. The van der Waals surface area contributed by atoms with Crippen LogP contribution in [0.3, 0.4) is 0 Å². The zero-order valence-corrected chi connectivity index (χ0v) is 11.2. The highest BCUT2D eigenvalue weighted by Gasteiger charge is 2.19. The predicted octanol–water partition coefficient (Wildman–Crippen LogP) is 2.23. The zero-order chi connectivity index (χ0) is 13.7. The third kappa shape index (κ3) is 3.30. The number of thioether (sulfide) groups is 1. The number of para-hydroxylation sites is 1. The standard InChI is InChI=1S/C13H16N2O2S/c1-8(14)13(18-9(2)15)12(16)10-6-4-5-7-11(10)17-3/h4-7H,2,14-15H2,1,3H3/b13-8+. The van der Waals surface area contributed by atoms with E-state index in [1.54, 1.807) is 31.2 Å². The first-order chi connectivity index (χ1) is 8.47. The first-order valence-corrected chi connectivity index (χ1v) is 6.05. The topological polar surface area (TPSA) is 78.3 Å². The van der Waals surface area contributed by atoms with Gasteiger partial charge in [0.2, 0.25) is 5.78 Å². The number of benzene rings is 1. The SMILES string of the molecule is C=C(N)S/C(C(=O)c1ccccc1OC)=C(\C)N.